The van der Waals surface area contributed by atoms with Crippen LogP contribution in [0.4, 0.5) is 4.39 Å². The van der Waals surface area contributed by atoms with E-state index in [4.69, 9.17) is 0 Å². The van der Waals surface area contributed by atoms with E-state index in [9.17, 15) is 9.18 Å². The highest BCUT2D eigenvalue weighted by Crippen LogP contribution is 2.19. The van der Waals surface area contributed by atoms with Crippen molar-refractivity contribution >= 4 is 5.78 Å². The van der Waals surface area contributed by atoms with Gasteiger partial charge < -0.3 is 4.98 Å². The summed E-state index contributed by atoms with van der Waals surface area (Å²) in [5.74, 6) is -1.04. The molecule has 0 bridgehead atoms. The van der Waals surface area contributed by atoms with Crippen molar-refractivity contribution in [2.75, 3.05) is 0 Å². The van der Waals surface area contributed by atoms with Crippen LogP contribution < -0.4 is 0 Å². The number of aromatic amines is 1. The van der Waals surface area contributed by atoms with Gasteiger partial charge in [-0.1, -0.05) is 6.07 Å². The molecule has 6 heteroatoms. The molecule has 0 spiro atoms. The summed E-state index contributed by atoms with van der Waals surface area (Å²) in [7, 11) is 0. The summed E-state index contributed by atoms with van der Waals surface area (Å²) in [6, 6.07) is 7.62. The first-order chi connectivity index (χ1) is 9.27. The number of rotatable bonds is 3. The predicted octanol–water partition coefficient (Wildman–Crippen LogP) is 1.97. The zero-order chi connectivity index (χ0) is 13.2. The third kappa shape index (κ3) is 1.93. The van der Waals surface area contributed by atoms with Gasteiger partial charge in [-0.15, -0.1) is 0 Å². The lowest BCUT2D eigenvalue weighted by atomic mass is 10.1. The lowest BCUT2D eigenvalue weighted by Gasteiger charge is -2.07. The molecule has 3 rings (SSSR count). The lowest BCUT2D eigenvalue weighted by molar-refractivity contribution is 0.103. The van der Waals surface area contributed by atoms with Gasteiger partial charge in [0.15, 0.2) is 0 Å². The standard InChI is InChI=1S/C13H9FN4O/c14-9-3-1-5-11(18-16-7-8-17-18)12(9)13(19)10-4-2-6-15-10/h1-8,15H. The normalized spacial score (nSPS) is 10.6. The van der Waals surface area contributed by atoms with Gasteiger partial charge in [-0.25, -0.2) is 4.39 Å². The molecule has 3 aromatic rings. The van der Waals surface area contributed by atoms with Crippen LogP contribution in [-0.4, -0.2) is 25.8 Å². The Balaban J connectivity index is 2.18. The van der Waals surface area contributed by atoms with Crippen LogP contribution in [0, 0.1) is 5.82 Å². The Bertz CT molecular complexity index is 704. The fourth-order valence-electron chi connectivity index (χ4n) is 1.85. The zero-order valence-electron chi connectivity index (χ0n) is 9.75. The van der Waals surface area contributed by atoms with Crippen LogP contribution in [0.25, 0.3) is 5.69 Å². The Kier molecular flexibility index (Phi) is 2.68. The fraction of sp³-hybridized carbons (Fsp3) is 0. The topological polar surface area (TPSA) is 63.6 Å². The fourth-order valence-corrected chi connectivity index (χ4v) is 1.85. The second-order valence-corrected chi connectivity index (χ2v) is 3.87. The highest BCUT2D eigenvalue weighted by molar-refractivity contribution is 6.10. The molecular formula is C13H9FN4O. The van der Waals surface area contributed by atoms with E-state index in [1.807, 2.05) is 0 Å². The Morgan fingerprint density at radius 1 is 1.16 bits per heavy atom. The Morgan fingerprint density at radius 3 is 2.63 bits per heavy atom. The summed E-state index contributed by atoms with van der Waals surface area (Å²) in [6.45, 7) is 0. The third-order valence-corrected chi connectivity index (χ3v) is 2.70. The second-order valence-electron chi connectivity index (χ2n) is 3.87. The SMILES string of the molecule is O=C(c1ccc[nH]1)c1c(F)cccc1-n1nccn1. The van der Waals surface area contributed by atoms with Gasteiger partial charge >= 0.3 is 0 Å². The number of nitrogens with zero attached hydrogens (tertiary/aromatic N) is 3. The maximum absolute atomic E-state index is 14.0. The van der Waals surface area contributed by atoms with Crippen molar-refractivity contribution in [2.45, 2.75) is 0 Å². The van der Waals surface area contributed by atoms with E-state index >= 15 is 0 Å². The van der Waals surface area contributed by atoms with E-state index in [1.165, 1.54) is 29.3 Å². The van der Waals surface area contributed by atoms with E-state index in [1.54, 1.807) is 24.4 Å². The molecule has 19 heavy (non-hydrogen) atoms. The molecular weight excluding hydrogens is 247 g/mol. The lowest BCUT2D eigenvalue weighted by Crippen LogP contribution is -2.12. The van der Waals surface area contributed by atoms with Gasteiger partial charge in [-0.05, 0) is 24.3 Å². The van der Waals surface area contributed by atoms with Crippen molar-refractivity contribution in [3.8, 4) is 5.69 Å². The number of carbonyl (C=O) groups excluding carboxylic acids is 1. The summed E-state index contributed by atoms with van der Waals surface area (Å²) in [5, 5.41) is 7.86. The van der Waals surface area contributed by atoms with Crippen LogP contribution in [0.15, 0.2) is 48.9 Å². The molecule has 0 aliphatic heterocycles. The molecule has 0 saturated carbocycles. The van der Waals surface area contributed by atoms with Crippen LogP contribution in [0.5, 0.6) is 0 Å². The minimum absolute atomic E-state index is 0.0545. The highest BCUT2D eigenvalue weighted by Gasteiger charge is 2.20. The number of ketones is 1. The number of benzene rings is 1. The maximum atomic E-state index is 14.0. The maximum Gasteiger partial charge on any atom is 0.214 e. The van der Waals surface area contributed by atoms with Crippen molar-refractivity contribution < 1.29 is 9.18 Å². The summed E-state index contributed by atoms with van der Waals surface area (Å²) >= 11 is 0. The average molecular weight is 256 g/mol. The summed E-state index contributed by atoms with van der Waals surface area (Å²) in [4.78, 5) is 16.3. The van der Waals surface area contributed by atoms with Crippen molar-refractivity contribution in [2.24, 2.45) is 0 Å². The highest BCUT2D eigenvalue weighted by atomic mass is 19.1. The predicted molar refractivity (Wildman–Crippen MR) is 65.5 cm³/mol. The van der Waals surface area contributed by atoms with Crippen LogP contribution in [0.2, 0.25) is 0 Å². The minimum atomic E-state index is -0.602. The molecule has 0 aliphatic carbocycles. The van der Waals surface area contributed by atoms with Gasteiger partial charge in [0.05, 0.1) is 29.3 Å². The number of nitrogens with one attached hydrogen (secondary N) is 1. The summed E-state index contributed by atoms with van der Waals surface area (Å²) in [5.41, 5.74) is 0.573. The summed E-state index contributed by atoms with van der Waals surface area (Å²) in [6.07, 6.45) is 4.54. The first kappa shape index (κ1) is 11.3. The second kappa shape index (κ2) is 4.49. The zero-order valence-corrected chi connectivity index (χ0v) is 9.75. The molecule has 0 fully saturated rings. The molecule has 0 aliphatic rings. The van der Waals surface area contributed by atoms with Crippen LogP contribution in [0.1, 0.15) is 16.1 Å². The molecule has 0 atom stereocenters. The van der Waals surface area contributed by atoms with Gasteiger partial charge in [0, 0.05) is 6.20 Å². The first-order valence-corrected chi connectivity index (χ1v) is 5.60. The van der Waals surface area contributed by atoms with Gasteiger partial charge in [0.25, 0.3) is 0 Å². The average Bonchev–Trinajstić information content (AvgIpc) is 3.11. The molecule has 5 nitrogen and oxygen atoms in total. The van der Waals surface area contributed by atoms with Gasteiger partial charge in [-0.3, -0.25) is 4.79 Å². The Labute approximate surface area is 107 Å². The largest absolute Gasteiger partial charge is 0.359 e. The summed E-state index contributed by atoms with van der Waals surface area (Å²) < 4.78 is 14.0. The number of halogens is 1. The van der Waals surface area contributed by atoms with Crippen LogP contribution >= 0.6 is 0 Å². The third-order valence-electron chi connectivity index (χ3n) is 2.70. The molecule has 2 heterocycles. The van der Waals surface area contributed by atoms with E-state index in [0.717, 1.165) is 0 Å². The molecule has 1 aromatic carbocycles. The van der Waals surface area contributed by atoms with Gasteiger partial charge in [0.2, 0.25) is 5.78 Å². The number of hydrogen-bond donors (Lipinski definition) is 1. The molecule has 0 amide bonds. The van der Waals surface area contributed by atoms with Crippen molar-refractivity contribution in [3.63, 3.8) is 0 Å². The van der Waals surface area contributed by atoms with E-state index in [0.29, 0.717) is 11.4 Å². The molecule has 0 radical (unpaired) electrons. The number of aromatic nitrogens is 4. The first-order valence-electron chi connectivity index (χ1n) is 5.60. The number of hydrogen-bond acceptors (Lipinski definition) is 3. The van der Waals surface area contributed by atoms with Gasteiger partial charge in [-0.2, -0.15) is 15.0 Å². The minimum Gasteiger partial charge on any atom is -0.359 e. The Hall–Kier alpha value is -2.76. The van der Waals surface area contributed by atoms with Gasteiger partial charge in [0.1, 0.15) is 5.82 Å². The molecule has 94 valence electrons. The number of H-pyrrole nitrogens is 1. The van der Waals surface area contributed by atoms with Crippen molar-refractivity contribution in [1.82, 2.24) is 20.0 Å². The quantitative estimate of drug-likeness (QED) is 0.728. The smallest absolute Gasteiger partial charge is 0.214 e. The monoisotopic (exact) mass is 256 g/mol. The molecule has 2 aromatic heterocycles. The van der Waals surface area contributed by atoms with Crippen LogP contribution in [-0.2, 0) is 0 Å². The molecule has 1 N–H and O–H groups in total. The number of carbonyl (C=O) groups is 1. The van der Waals surface area contributed by atoms with E-state index in [-0.39, 0.29) is 5.56 Å². The Morgan fingerprint density at radius 2 is 1.95 bits per heavy atom. The van der Waals surface area contributed by atoms with E-state index in [2.05, 4.69) is 15.2 Å². The van der Waals surface area contributed by atoms with Crippen LogP contribution in [0.3, 0.4) is 0 Å². The van der Waals surface area contributed by atoms with E-state index < -0.39 is 11.6 Å². The molecule has 0 unspecified atom stereocenters. The van der Waals surface area contributed by atoms with Crippen molar-refractivity contribution in [3.05, 3.63) is 66.0 Å². The van der Waals surface area contributed by atoms with Crippen molar-refractivity contribution in [1.29, 1.82) is 0 Å². The molecule has 0 saturated heterocycles.